The first-order valence-electron chi connectivity index (χ1n) is 4.45. The summed E-state index contributed by atoms with van der Waals surface area (Å²) < 4.78 is 7.53. The van der Waals surface area contributed by atoms with Gasteiger partial charge in [0.15, 0.2) is 4.60 Å². The lowest BCUT2D eigenvalue weighted by molar-refractivity contribution is 0.529. The highest BCUT2D eigenvalue weighted by molar-refractivity contribution is 9.10. The van der Waals surface area contributed by atoms with Crippen molar-refractivity contribution >= 4 is 15.9 Å². The van der Waals surface area contributed by atoms with Crippen LogP contribution in [0.5, 0.6) is 0 Å². The number of aromatic nitrogens is 3. The Hall–Kier alpha value is -1.14. The summed E-state index contributed by atoms with van der Waals surface area (Å²) in [6, 6.07) is 1.63. The second kappa shape index (κ2) is 3.79. The molecule has 0 bridgehead atoms. The van der Waals surface area contributed by atoms with Gasteiger partial charge in [0, 0.05) is 12.6 Å². The number of rotatable bonds is 2. The minimum absolute atomic E-state index is 0.281. The highest BCUT2D eigenvalue weighted by atomic mass is 79.9. The lowest BCUT2D eigenvalue weighted by Crippen LogP contribution is -2.15. The molecule has 0 amide bonds. The summed E-state index contributed by atoms with van der Waals surface area (Å²) in [5.41, 5.74) is 7.83. The van der Waals surface area contributed by atoms with Gasteiger partial charge in [-0.05, 0) is 28.9 Å². The molecular weight excluding hydrogens is 260 g/mol. The molecule has 0 spiro atoms. The fourth-order valence-electron chi connectivity index (χ4n) is 1.45. The van der Waals surface area contributed by atoms with Crippen LogP contribution in [0, 0.1) is 6.92 Å². The summed E-state index contributed by atoms with van der Waals surface area (Å²) in [5.74, 6) is 0.840. The van der Waals surface area contributed by atoms with E-state index in [-0.39, 0.29) is 6.04 Å². The fraction of sp³-hybridized carbons (Fsp3) is 0.333. The zero-order valence-electron chi connectivity index (χ0n) is 8.44. The van der Waals surface area contributed by atoms with Crippen molar-refractivity contribution in [2.45, 2.75) is 13.0 Å². The molecule has 2 N–H and O–H groups in total. The number of hydrogen-bond acceptors (Lipinski definition) is 4. The summed E-state index contributed by atoms with van der Waals surface area (Å²) in [4.78, 5) is 0. The topological polar surface area (TPSA) is 69.9 Å². The summed E-state index contributed by atoms with van der Waals surface area (Å²) in [6.07, 6.45) is 1.65. The quantitative estimate of drug-likeness (QED) is 0.899. The van der Waals surface area contributed by atoms with Gasteiger partial charge < -0.3 is 10.2 Å². The van der Waals surface area contributed by atoms with Crippen LogP contribution in [-0.4, -0.2) is 15.0 Å². The van der Waals surface area contributed by atoms with E-state index >= 15 is 0 Å². The van der Waals surface area contributed by atoms with E-state index in [1.807, 2.05) is 13.0 Å². The number of furan rings is 1. The molecule has 0 fully saturated rings. The van der Waals surface area contributed by atoms with E-state index in [0.29, 0.717) is 4.60 Å². The molecule has 1 unspecified atom stereocenters. The molecule has 2 rings (SSSR count). The molecule has 5 nitrogen and oxygen atoms in total. The van der Waals surface area contributed by atoms with E-state index in [0.717, 1.165) is 17.0 Å². The van der Waals surface area contributed by atoms with Crippen LogP contribution in [0.25, 0.3) is 0 Å². The van der Waals surface area contributed by atoms with E-state index in [9.17, 15) is 0 Å². The third kappa shape index (κ3) is 1.82. The zero-order valence-corrected chi connectivity index (χ0v) is 10.0. The minimum atomic E-state index is -0.281. The smallest absolute Gasteiger partial charge is 0.153 e. The van der Waals surface area contributed by atoms with E-state index in [4.69, 9.17) is 10.2 Å². The van der Waals surface area contributed by atoms with Crippen molar-refractivity contribution < 1.29 is 4.42 Å². The first-order chi connectivity index (χ1) is 7.09. The summed E-state index contributed by atoms with van der Waals surface area (Å²) >= 11 is 3.32. The second-order valence-electron chi connectivity index (χ2n) is 3.36. The zero-order chi connectivity index (χ0) is 11.0. The average molecular weight is 271 g/mol. The van der Waals surface area contributed by atoms with Crippen LogP contribution in [-0.2, 0) is 7.05 Å². The van der Waals surface area contributed by atoms with E-state index in [1.165, 1.54) is 0 Å². The van der Waals surface area contributed by atoms with Gasteiger partial charge >= 0.3 is 0 Å². The molecule has 2 heterocycles. The van der Waals surface area contributed by atoms with Gasteiger partial charge in [-0.25, -0.2) is 4.68 Å². The van der Waals surface area contributed by atoms with Crippen LogP contribution in [0.3, 0.4) is 0 Å². The maximum atomic E-state index is 6.08. The van der Waals surface area contributed by atoms with Crippen molar-refractivity contribution in [3.63, 3.8) is 0 Å². The molecule has 0 aliphatic carbocycles. The Morgan fingerprint density at radius 1 is 1.60 bits per heavy atom. The van der Waals surface area contributed by atoms with Gasteiger partial charge in [-0.15, -0.1) is 5.10 Å². The summed E-state index contributed by atoms with van der Waals surface area (Å²) in [6.45, 7) is 1.88. The van der Waals surface area contributed by atoms with Crippen molar-refractivity contribution in [1.82, 2.24) is 15.0 Å². The van der Waals surface area contributed by atoms with Gasteiger partial charge in [0.25, 0.3) is 0 Å². The molecule has 1 atom stereocenters. The highest BCUT2D eigenvalue weighted by Gasteiger charge is 2.19. The number of nitrogens with zero attached hydrogens (tertiary/aromatic N) is 3. The lowest BCUT2D eigenvalue weighted by atomic mass is 10.1. The average Bonchev–Trinajstić information content (AvgIpc) is 2.73. The maximum Gasteiger partial charge on any atom is 0.153 e. The minimum Gasteiger partial charge on any atom is -0.469 e. The number of hydrogen-bond donors (Lipinski definition) is 1. The molecule has 6 heteroatoms. The van der Waals surface area contributed by atoms with Crippen LogP contribution in [0.2, 0.25) is 0 Å². The Bertz CT molecular complexity index is 457. The van der Waals surface area contributed by atoms with Crippen LogP contribution in [0.4, 0.5) is 0 Å². The van der Waals surface area contributed by atoms with Crippen LogP contribution in [0.1, 0.15) is 23.1 Å². The lowest BCUT2D eigenvalue weighted by Gasteiger charge is -2.08. The monoisotopic (exact) mass is 270 g/mol. The normalized spacial score (nSPS) is 13.1. The van der Waals surface area contributed by atoms with Gasteiger partial charge in [0.05, 0.1) is 18.0 Å². The Kier molecular flexibility index (Phi) is 2.62. The number of aryl methyl sites for hydroxylation is 2. The Morgan fingerprint density at radius 2 is 2.33 bits per heavy atom. The Labute approximate surface area is 95.4 Å². The fourth-order valence-corrected chi connectivity index (χ4v) is 2.03. The third-order valence-corrected chi connectivity index (χ3v) is 2.80. The maximum absolute atomic E-state index is 6.08. The standard InChI is InChI=1S/C9H11BrN4O/c1-5-3-6(4-15-5)7(11)8-9(10)12-13-14(8)2/h3-4,7H,11H2,1-2H3. The molecule has 0 aromatic carbocycles. The first-order valence-corrected chi connectivity index (χ1v) is 5.24. The SMILES string of the molecule is Cc1cc(C(N)c2c(Br)nnn2C)co1. The molecule has 15 heavy (non-hydrogen) atoms. The first kappa shape index (κ1) is 10.4. The molecule has 2 aromatic rings. The van der Waals surface area contributed by atoms with Gasteiger partial charge in [-0.3, -0.25) is 0 Å². The van der Waals surface area contributed by atoms with Gasteiger partial charge in [-0.1, -0.05) is 5.21 Å². The van der Waals surface area contributed by atoms with Crippen molar-refractivity contribution in [2.24, 2.45) is 12.8 Å². The van der Waals surface area contributed by atoms with Crippen LogP contribution < -0.4 is 5.73 Å². The third-order valence-electron chi connectivity index (χ3n) is 2.23. The van der Waals surface area contributed by atoms with Crippen molar-refractivity contribution in [2.75, 3.05) is 0 Å². The van der Waals surface area contributed by atoms with Crippen LogP contribution in [0.15, 0.2) is 21.3 Å². The van der Waals surface area contributed by atoms with Gasteiger partial charge in [-0.2, -0.15) is 0 Å². The van der Waals surface area contributed by atoms with E-state index in [2.05, 4.69) is 26.2 Å². The molecule has 0 saturated carbocycles. The highest BCUT2D eigenvalue weighted by Crippen LogP contribution is 2.25. The predicted octanol–water partition coefficient (Wildman–Crippen LogP) is 1.53. The molecule has 0 radical (unpaired) electrons. The predicted molar refractivity (Wildman–Crippen MR) is 58.2 cm³/mol. The molecule has 0 saturated heterocycles. The summed E-state index contributed by atoms with van der Waals surface area (Å²) in [5, 5.41) is 7.77. The van der Waals surface area contributed by atoms with E-state index in [1.54, 1.807) is 18.0 Å². The van der Waals surface area contributed by atoms with Gasteiger partial charge in [0.1, 0.15) is 5.76 Å². The summed E-state index contributed by atoms with van der Waals surface area (Å²) in [7, 11) is 1.81. The Morgan fingerprint density at radius 3 is 2.80 bits per heavy atom. The van der Waals surface area contributed by atoms with Crippen molar-refractivity contribution in [3.8, 4) is 0 Å². The van der Waals surface area contributed by atoms with Crippen molar-refractivity contribution in [1.29, 1.82) is 0 Å². The second-order valence-corrected chi connectivity index (χ2v) is 4.11. The number of nitrogens with two attached hydrogens (primary N) is 1. The molecule has 80 valence electrons. The van der Waals surface area contributed by atoms with Crippen molar-refractivity contribution in [3.05, 3.63) is 34.0 Å². The largest absolute Gasteiger partial charge is 0.469 e. The number of halogens is 1. The van der Waals surface area contributed by atoms with Gasteiger partial charge in [0.2, 0.25) is 0 Å². The molecular formula is C9H11BrN4O. The molecule has 0 aliphatic heterocycles. The molecule has 0 aliphatic rings. The van der Waals surface area contributed by atoms with E-state index < -0.39 is 0 Å². The Balaban J connectivity index is 2.40. The molecule has 2 aromatic heterocycles. The van der Waals surface area contributed by atoms with Crippen LogP contribution >= 0.6 is 15.9 Å².